The molecular weight excluding hydrogens is 334 g/mol. The summed E-state index contributed by atoms with van der Waals surface area (Å²) in [5, 5.41) is 6.96. The van der Waals surface area contributed by atoms with Gasteiger partial charge in [0.15, 0.2) is 0 Å². The van der Waals surface area contributed by atoms with Crippen LogP contribution in [0.2, 0.25) is 0 Å². The van der Waals surface area contributed by atoms with Gasteiger partial charge in [0.05, 0.1) is 24.2 Å². The number of aryl methyl sites for hydroxylation is 1. The van der Waals surface area contributed by atoms with Crippen molar-refractivity contribution in [2.75, 3.05) is 6.61 Å². The summed E-state index contributed by atoms with van der Waals surface area (Å²) in [5.74, 6) is -0.359. The lowest BCUT2D eigenvalue weighted by Crippen LogP contribution is -2.06. The van der Waals surface area contributed by atoms with Crippen LogP contribution in [0.1, 0.15) is 39.8 Å². The lowest BCUT2D eigenvalue weighted by Gasteiger charge is -2.01. The van der Waals surface area contributed by atoms with Gasteiger partial charge >= 0.3 is 5.97 Å². The van der Waals surface area contributed by atoms with E-state index in [9.17, 15) is 4.79 Å². The van der Waals surface area contributed by atoms with Crippen LogP contribution in [0.4, 0.5) is 0 Å². The van der Waals surface area contributed by atoms with Crippen molar-refractivity contribution in [2.24, 2.45) is 0 Å². The smallest absolute Gasteiger partial charge is 0.341 e. The molecule has 0 radical (unpaired) electrons. The minimum Gasteiger partial charge on any atom is -0.462 e. The molecule has 0 saturated carbocycles. The van der Waals surface area contributed by atoms with Crippen LogP contribution >= 0.6 is 11.3 Å². The van der Waals surface area contributed by atoms with Crippen molar-refractivity contribution in [1.29, 1.82) is 0 Å². The van der Waals surface area contributed by atoms with Crippen molar-refractivity contribution in [3.05, 3.63) is 63.9 Å². The fourth-order valence-electron chi connectivity index (χ4n) is 2.42. The number of thiazole rings is 1. The highest BCUT2D eigenvalue weighted by Crippen LogP contribution is 2.20. The lowest BCUT2D eigenvalue weighted by molar-refractivity contribution is 0.0525. The first kappa shape index (κ1) is 17.1. The number of hydrogen-bond acceptors (Lipinski definition) is 5. The third-order valence-electron chi connectivity index (χ3n) is 3.68. The summed E-state index contributed by atoms with van der Waals surface area (Å²) in [5.41, 5.74) is 4.40. The Morgan fingerprint density at radius 3 is 2.92 bits per heavy atom. The number of hydrogen-bond donors (Lipinski definition) is 0. The van der Waals surface area contributed by atoms with E-state index in [2.05, 4.69) is 35.2 Å². The molecule has 2 aromatic heterocycles. The third kappa shape index (κ3) is 3.85. The molecule has 0 N–H and O–H groups in total. The molecule has 0 amide bonds. The molecule has 0 unspecified atom stereocenters. The molecule has 1 aromatic carbocycles. The van der Waals surface area contributed by atoms with Crippen LogP contribution in [0.15, 0.2) is 35.8 Å². The highest BCUT2D eigenvalue weighted by atomic mass is 32.1. The van der Waals surface area contributed by atoms with Gasteiger partial charge < -0.3 is 4.74 Å². The van der Waals surface area contributed by atoms with Crippen molar-refractivity contribution in [3.8, 4) is 5.13 Å². The van der Waals surface area contributed by atoms with Crippen molar-refractivity contribution in [2.45, 2.75) is 20.8 Å². The highest BCUT2D eigenvalue weighted by Gasteiger charge is 2.17. The molecule has 6 heteroatoms. The van der Waals surface area contributed by atoms with Crippen molar-refractivity contribution in [3.63, 3.8) is 0 Å². The van der Waals surface area contributed by atoms with Gasteiger partial charge in [0.2, 0.25) is 5.13 Å². The predicted molar refractivity (Wildman–Crippen MR) is 100 cm³/mol. The predicted octanol–water partition coefficient (Wildman–Crippen LogP) is 4.29. The molecule has 0 aliphatic rings. The maximum Gasteiger partial charge on any atom is 0.341 e. The monoisotopic (exact) mass is 353 g/mol. The minimum absolute atomic E-state index is 0.342. The lowest BCUT2D eigenvalue weighted by atomic mass is 10.1. The summed E-state index contributed by atoms with van der Waals surface area (Å²) in [4.78, 5) is 16.5. The van der Waals surface area contributed by atoms with Crippen LogP contribution < -0.4 is 0 Å². The third-order valence-corrected chi connectivity index (χ3v) is 4.52. The average Bonchev–Trinajstić information content (AvgIpc) is 3.19. The van der Waals surface area contributed by atoms with E-state index in [1.165, 1.54) is 23.1 Å². The van der Waals surface area contributed by atoms with Gasteiger partial charge in [-0.2, -0.15) is 5.10 Å². The minimum atomic E-state index is -0.359. The SMILES string of the molecule is CCOC(=O)c1cnn(-c2nc(/C=C/c3cccc(C)c3)cs2)c1C. The van der Waals surface area contributed by atoms with Crippen molar-refractivity contribution in [1.82, 2.24) is 14.8 Å². The zero-order valence-electron chi connectivity index (χ0n) is 14.4. The Labute approximate surface area is 150 Å². The summed E-state index contributed by atoms with van der Waals surface area (Å²) in [6.07, 6.45) is 5.53. The summed E-state index contributed by atoms with van der Waals surface area (Å²) >= 11 is 1.48. The van der Waals surface area contributed by atoms with Crippen LogP contribution in [0.3, 0.4) is 0 Å². The number of ether oxygens (including phenoxy) is 1. The van der Waals surface area contributed by atoms with Gasteiger partial charge in [0.1, 0.15) is 5.56 Å². The van der Waals surface area contributed by atoms with Crippen molar-refractivity contribution < 1.29 is 9.53 Å². The molecule has 3 rings (SSSR count). The second kappa shape index (κ2) is 7.44. The van der Waals surface area contributed by atoms with Gasteiger partial charge in [-0.3, -0.25) is 0 Å². The number of carbonyl (C=O) groups excluding carboxylic acids is 1. The molecule has 0 bridgehead atoms. The van der Waals surface area contributed by atoms with Crippen LogP contribution in [0.25, 0.3) is 17.3 Å². The molecule has 0 atom stereocenters. The average molecular weight is 353 g/mol. The Balaban J connectivity index is 1.81. The fraction of sp³-hybridized carbons (Fsp3) is 0.211. The number of rotatable bonds is 5. The van der Waals surface area contributed by atoms with Crippen molar-refractivity contribution >= 4 is 29.5 Å². The Morgan fingerprint density at radius 2 is 2.16 bits per heavy atom. The van der Waals surface area contributed by atoms with Gasteiger partial charge in [0.25, 0.3) is 0 Å². The molecule has 128 valence electrons. The summed E-state index contributed by atoms with van der Waals surface area (Å²) in [6, 6.07) is 8.28. The first-order valence-electron chi connectivity index (χ1n) is 8.01. The van der Waals surface area contributed by atoms with Gasteiger partial charge in [-0.05, 0) is 32.4 Å². The van der Waals surface area contributed by atoms with E-state index >= 15 is 0 Å². The summed E-state index contributed by atoms with van der Waals surface area (Å²) < 4.78 is 6.71. The zero-order chi connectivity index (χ0) is 17.8. The fourth-order valence-corrected chi connectivity index (χ4v) is 3.22. The van der Waals surface area contributed by atoms with E-state index in [0.717, 1.165) is 22.1 Å². The maximum atomic E-state index is 11.9. The quantitative estimate of drug-likeness (QED) is 0.642. The standard InChI is InChI=1S/C19H19N3O2S/c1-4-24-18(23)17-11-20-22(14(17)3)19-21-16(12-25-19)9-8-15-7-5-6-13(2)10-15/h5-12H,4H2,1-3H3/b9-8+. The zero-order valence-corrected chi connectivity index (χ0v) is 15.2. The first-order valence-corrected chi connectivity index (χ1v) is 8.89. The number of nitrogens with zero attached hydrogens (tertiary/aromatic N) is 3. The molecule has 0 saturated heterocycles. The van der Waals surface area contributed by atoms with Crippen LogP contribution in [0.5, 0.6) is 0 Å². The number of carbonyl (C=O) groups is 1. The molecule has 0 spiro atoms. The van der Waals surface area contributed by atoms with E-state index in [1.54, 1.807) is 11.6 Å². The Bertz CT molecular complexity index is 924. The van der Waals surface area contributed by atoms with E-state index < -0.39 is 0 Å². The van der Waals surface area contributed by atoms with Gasteiger partial charge in [-0.1, -0.05) is 35.9 Å². The molecule has 25 heavy (non-hydrogen) atoms. The van der Waals surface area contributed by atoms with Gasteiger partial charge in [0, 0.05) is 5.38 Å². The van der Waals surface area contributed by atoms with E-state index in [4.69, 9.17) is 4.74 Å². The largest absolute Gasteiger partial charge is 0.462 e. The highest BCUT2D eigenvalue weighted by molar-refractivity contribution is 7.12. The Morgan fingerprint density at radius 1 is 1.32 bits per heavy atom. The van der Waals surface area contributed by atoms with E-state index in [-0.39, 0.29) is 5.97 Å². The second-order valence-corrected chi connectivity index (χ2v) is 6.41. The first-order chi connectivity index (χ1) is 12.1. The van der Waals surface area contributed by atoms with E-state index in [0.29, 0.717) is 12.2 Å². The topological polar surface area (TPSA) is 57.0 Å². The molecule has 0 fully saturated rings. The summed E-state index contributed by atoms with van der Waals surface area (Å²) in [6.45, 7) is 6.03. The van der Waals surface area contributed by atoms with E-state index in [1.807, 2.05) is 30.5 Å². The molecular formula is C19H19N3O2S. The number of aromatic nitrogens is 3. The van der Waals surface area contributed by atoms with Crippen LogP contribution in [-0.2, 0) is 4.74 Å². The Hall–Kier alpha value is -2.73. The second-order valence-electron chi connectivity index (χ2n) is 5.58. The molecule has 2 heterocycles. The molecule has 5 nitrogen and oxygen atoms in total. The van der Waals surface area contributed by atoms with Gasteiger partial charge in [-0.15, -0.1) is 11.3 Å². The number of esters is 1. The summed E-state index contributed by atoms with van der Waals surface area (Å²) in [7, 11) is 0. The number of benzene rings is 1. The van der Waals surface area contributed by atoms with Crippen LogP contribution in [0, 0.1) is 13.8 Å². The molecule has 3 aromatic rings. The van der Waals surface area contributed by atoms with Crippen LogP contribution in [-0.4, -0.2) is 27.3 Å². The Kier molecular flexibility index (Phi) is 5.09. The maximum absolute atomic E-state index is 11.9. The van der Waals surface area contributed by atoms with Gasteiger partial charge in [-0.25, -0.2) is 14.5 Å². The molecule has 0 aliphatic heterocycles. The normalized spacial score (nSPS) is 11.2. The molecule has 0 aliphatic carbocycles.